The summed E-state index contributed by atoms with van der Waals surface area (Å²) in [5.74, 6) is -0.341. The van der Waals surface area contributed by atoms with Crippen molar-refractivity contribution in [2.75, 3.05) is 31.5 Å². The lowest BCUT2D eigenvalue weighted by Crippen LogP contribution is -2.49. The lowest BCUT2D eigenvalue weighted by atomic mass is 10.1. The van der Waals surface area contributed by atoms with Gasteiger partial charge in [0.25, 0.3) is 5.91 Å². The van der Waals surface area contributed by atoms with Gasteiger partial charge >= 0.3 is 0 Å². The SMILES string of the molecule is CCCCCc1ccc(NC(=O)c2ccc(S(=O)(=O)N3CCN(C(C)=O)CC3)cc2)cc1. The van der Waals surface area contributed by atoms with Crippen LogP contribution in [0.4, 0.5) is 5.69 Å². The molecule has 1 N–H and O–H groups in total. The van der Waals surface area contributed by atoms with Gasteiger partial charge in [0.05, 0.1) is 4.90 Å². The largest absolute Gasteiger partial charge is 0.340 e. The number of nitrogens with zero attached hydrogens (tertiary/aromatic N) is 2. The highest BCUT2D eigenvalue weighted by Gasteiger charge is 2.29. The van der Waals surface area contributed by atoms with Gasteiger partial charge in [-0.05, 0) is 54.8 Å². The molecule has 1 aliphatic heterocycles. The van der Waals surface area contributed by atoms with Crippen LogP contribution in [0.2, 0.25) is 0 Å². The third-order valence-corrected chi connectivity index (χ3v) is 7.63. The van der Waals surface area contributed by atoms with Crippen molar-refractivity contribution in [3.05, 3.63) is 59.7 Å². The van der Waals surface area contributed by atoms with Crippen molar-refractivity contribution in [2.24, 2.45) is 0 Å². The third-order valence-electron chi connectivity index (χ3n) is 5.72. The molecule has 2 aromatic rings. The molecule has 8 heteroatoms. The van der Waals surface area contributed by atoms with Gasteiger partial charge in [-0.1, -0.05) is 31.9 Å². The topological polar surface area (TPSA) is 86.8 Å². The molecule has 32 heavy (non-hydrogen) atoms. The first-order chi connectivity index (χ1) is 15.3. The van der Waals surface area contributed by atoms with E-state index in [2.05, 4.69) is 12.2 Å². The highest BCUT2D eigenvalue weighted by molar-refractivity contribution is 7.89. The van der Waals surface area contributed by atoms with Crippen molar-refractivity contribution in [1.82, 2.24) is 9.21 Å². The minimum atomic E-state index is -3.66. The Balaban J connectivity index is 1.60. The first kappa shape index (κ1) is 23.9. The quantitative estimate of drug-likeness (QED) is 0.615. The molecule has 2 amide bonds. The maximum Gasteiger partial charge on any atom is 0.255 e. The van der Waals surface area contributed by atoms with Gasteiger partial charge in [0.2, 0.25) is 15.9 Å². The van der Waals surface area contributed by atoms with Crippen molar-refractivity contribution in [3.8, 4) is 0 Å². The Kier molecular flexibility index (Phi) is 8.04. The fourth-order valence-electron chi connectivity index (χ4n) is 3.71. The average molecular weight is 458 g/mol. The molecule has 0 bridgehead atoms. The number of anilines is 1. The van der Waals surface area contributed by atoms with E-state index < -0.39 is 10.0 Å². The van der Waals surface area contributed by atoms with Gasteiger partial charge < -0.3 is 10.2 Å². The Labute approximate surface area is 190 Å². The standard InChI is InChI=1S/C24H31N3O4S/c1-3-4-5-6-20-7-11-22(12-8-20)25-24(29)21-9-13-23(14-10-21)32(30,31)27-17-15-26(16-18-27)19(2)28/h7-14H,3-6,15-18H2,1-2H3,(H,25,29). The molecule has 0 radical (unpaired) electrons. The van der Waals surface area contributed by atoms with E-state index in [4.69, 9.17) is 0 Å². The number of hydrogen-bond acceptors (Lipinski definition) is 4. The molecule has 2 aromatic carbocycles. The van der Waals surface area contributed by atoms with Crippen LogP contribution in [0.5, 0.6) is 0 Å². The van der Waals surface area contributed by atoms with Gasteiger partial charge in [-0.2, -0.15) is 4.31 Å². The van der Waals surface area contributed by atoms with Crippen LogP contribution in [0, 0.1) is 0 Å². The molecule has 1 fully saturated rings. The van der Waals surface area contributed by atoms with Crippen LogP contribution < -0.4 is 5.32 Å². The summed E-state index contributed by atoms with van der Waals surface area (Å²) in [6.45, 7) is 4.95. The molecule has 1 heterocycles. The van der Waals surface area contributed by atoms with E-state index in [1.165, 1.54) is 53.9 Å². The van der Waals surface area contributed by atoms with E-state index in [1.807, 2.05) is 24.3 Å². The average Bonchev–Trinajstić information content (AvgIpc) is 2.80. The molecule has 1 aliphatic rings. The number of aryl methyl sites for hydroxylation is 1. The number of piperazine rings is 1. The predicted molar refractivity (Wildman–Crippen MR) is 125 cm³/mol. The molecular formula is C24H31N3O4S. The monoisotopic (exact) mass is 457 g/mol. The van der Waals surface area contributed by atoms with Crippen LogP contribution in [0.25, 0.3) is 0 Å². The number of carbonyl (C=O) groups is 2. The minimum absolute atomic E-state index is 0.0523. The molecule has 3 rings (SSSR count). The lowest BCUT2D eigenvalue weighted by Gasteiger charge is -2.33. The normalized spacial score (nSPS) is 14.9. The maximum atomic E-state index is 12.9. The molecular weight excluding hydrogens is 426 g/mol. The zero-order valence-electron chi connectivity index (χ0n) is 18.7. The van der Waals surface area contributed by atoms with E-state index in [1.54, 1.807) is 4.90 Å². The maximum absolute atomic E-state index is 12.9. The number of benzene rings is 2. The fraction of sp³-hybridized carbons (Fsp3) is 0.417. The number of amides is 2. The van der Waals surface area contributed by atoms with Gasteiger partial charge in [-0.15, -0.1) is 0 Å². The number of unbranched alkanes of at least 4 members (excludes halogenated alkanes) is 2. The summed E-state index contributed by atoms with van der Waals surface area (Å²) in [6.07, 6.45) is 4.58. The van der Waals surface area contributed by atoms with Crippen molar-refractivity contribution in [2.45, 2.75) is 44.4 Å². The number of rotatable bonds is 8. The van der Waals surface area contributed by atoms with E-state index in [0.29, 0.717) is 24.3 Å². The zero-order valence-corrected chi connectivity index (χ0v) is 19.5. The Bertz CT molecular complexity index is 1030. The highest BCUT2D eigenvalue weighted by Crippen LogP contribution is 2.19. The lowest BCUT2D eigenvalue weighted by molar-refractivity contribution is -0.129. The summed E-state index contributed by atoms with van der Waals surface area (Å²) >= 11 is 0. The molecule has 0 saturated carbocycles. The zero-order chi connectivity index (χ0) is 23.1. The summed E-state index contributed by atoms with van der Waals surface area (Å²) in [5, 5.41) is 2.85. The molecule has 0 unspecified atom stereocenters. The van der Waals surface area contributed by atoms with Crippen molar-refractivity contribution >= 4 is 27.5 Å². The second kappa shape index (κ2) is 10.7. The molecule has 0 atom stereocenters. The summed E-state index contributed by atoms with van der Waals surface area (Å²) < 4.78 is 27.1. The number of sulfonamides is 1. The number of nitrogens with one attached hydrogen (secondary N) is 1. The molecule has 7 nitrogen and oxygen atoms in total. The van der Waals surface area contributed by atoms with Crippen LogP contribution in [0.1, 0.15) is 49.0 Å². The van der Waals surface area contributed by atoms with Crippen molar-refractivity contribution < 1.29 is 18.0 Å². The molecule has 0 aromatic heterocycles. The summed E-state index contributed by atoms with van der Waals surface area (Å²) in [6, 6.07) is 13.8. The van der Waals surface area contributed by atoms with E-state index >= 15 is 0 Å². The minimum Gasteiger partial charge on any atom is -0.340 e. The second-order valence-corrected chi connectivity index (χ2v) is 9.98. The Morgan fingerprint density at radius 3 is 2.09 bits per heavy atom. The van der Waals surface area contributed by atoms with Gasteiger partial charge in [0, 0.05) is 44.4 Å². The third kappa shape index (κ3) is 5.95. The molecule has 0 aliphatic carbocycles. The first-order valence-electron chi connectivity index (χ1n) is 11.1. The van der Waals surface area contributed by atoms with Crippen LogP contribution in [0.15, 0.2) is 53.4 Å². The number of carbonyl (C=O) groups excluding carboxylic acids is 2. The highest BCUT2D eigenvalue weighted by atomic mass is 32.2. The Morgan fingerprint density at radius 1 is 0.906 bits per heavy atom. The van der Waals surface area contributed by atoms with Crippen molar-refractivity contribution in [1.29, 1.82) is 0 Å². The number of hydrogen-bond donors (Lipinski definition) is 1. The molecule has 1 saturated heterocycles. The van der Waals surface area contributed by atoms with E-state index in [0.717, 1.165) is 12.8 Å². The van der Waals surface area contributed by atoms with Crippen LogP contribution in [-0.4, -0.2) is 55.6 Å². The molecule has 0 spiro atoms. The smallest absolute Gasteiger partial charge is 0.255 e. The predicted octanol–water partition coefficient (Wildman–Crippen LogP) is 3.52. The van der Waals surface area contributed by atoms with Crippen LogP contribution in [0.3, 0.4) is 0 Å². The van der Waals surface area contributed by atoms with Gasteiger partial charge in [0.1, 0.15) is 0 Å². The summed E-state index contributed by atoms with van der Waals surface area (Å²) in [4.78, 5) is 25.8. The summed E-state index contributed by atoms with van der Waals surface area (Å²) in [7, 11) is -3.66. The fourth-order valence-corrected chi connectivity index (χ4v) is 5.13. The first-order valence-corrected chi connectivity index (χ1v) is 12.5. The second-order valence-electron chi connectivity index (χ2n) is 8.04. The van der Waals surface area contributed by atoms with Crippen LogP contribution in [-0.2, 0) is 21.2 Å². The van der Waals surface area contributed by atoms with Gasteiger partial charge in [-0.25, -0.2) is 8.42 Å². The van der Waals surface area contributed by atoms with Gasteiger partial charge in [-0.3, -0.25) is 9.59 Å². The summed E-state index contributed by atoms with van der Waals surface area (Å²) in [5.41, 5.74) is 2.33. The molecule has 172 valence electrons. The van der Waals surface area contributed by atoms with Crippen molar-refractivity contribution in [3.63, 3.8) is 0 Å². The van der Waals surface area contributed by atoms with E-state index in [-0.39, 0.29) is 29.8 Å². The Hall–Kier alpha value is -2.71. The van der Waals surface area contributed by atoms with E-state index in [9.17, 15) is 18.0 Å². The van der Waals surface area contributed by atoms with Crippen LogP contribution >= 0.6 is 0 Å². The van der Waals surface area contributed by atoms with Gasteiger partial charge in [0.15, 0.2) is 0 Å². The Morgan fingerprint density at radius 2 is 1.53 bits per heavy atom.